The molecule has 2 N–H and O–H groups in total. The summed E-state index contributed by atoms with van der Waals surface area (Å²) in [4.78, 5) is 42.5. The first-order valence-electron chi connectivity index (χ1n) is 13.6. The molecule has 3 amide bonds. The average molecular weight is 524 g/mol. The van der Waals surface area contributed by atoms with Crippen LogP contribution in [-0.4, -0.2) is 41.0 Å². The van der Waals surface area contributed by atoms with Crippen LogP contribution < -0.4 is 10.6 Å². The Morgan fingerprint density at radius 2 is 1.55 bits per heavy atom. The monoisotopic (exact) mass is 523 g/mol. The predicted octanol–water partition coefficient (Wildman–Crippen LogP) is 6.55. The summed E-state index contributed by atoms with van der Waals surface area (Å²) in [6, 6.07) is 13.5. The molecule has 0 heterocycles. The number of rotatable bonds is 11. The number of benzene rings is 2. The van der Waals surface area contributed by atoms with E-state index in [0.29, 0.717) is 25.1 Å². The van der Waals surface area contributed by atoms with Crippen LogP contribution >= 0.6 is 0 Å². The van der Waals surface area contributed by atoms with Crippen LogP contribution in [0.3, 0.4) is 0 Å². The van der Waals surface area contributed by atoms with Gasteiger partial charge in [0.25, 0.3) is 5.91 Å². The maximum absolute atomic E-state index is 14.2. The Hall–Kier alpha value is -3.35. The second kappa shape index (κ2) is 14.0. The molecule has 2 aromatic carbocycles. The quantitative estimate of drug-likeness (QED) is 0.350. The molecule has 38 heavy (non-hydrogen) atoms. The Bertz CT molecular complexity index is 1090. The van der Waals surface area contributed by atoms with E-state index in [9.17, 15) is 14.4 Å². The number of nitrogens with one attached hydrogen (secondary N) is 2. The van der Waals surface area contributed by atoms with Gasteiger partial charge in [0.15, 0.2) is 0 Å². The fourth-order valence-electron chi connectivity index (χ4n) is 4.30. The molecule has 0 aliphatic carbocycles. The van der Waals surface area contributed by atoms with Crippen LogP contribution in [0.25, 0.3) is 0 Å². The molecule has 0 aromatic heterocycles. The summed E-state index contributed by atoms with van der Waals surface area (Å²) >= 11 is 0. The van der Waals surface area contributed by atoms with Crippen molar-refractivity contribution in [3.05, 3.63) is 65.2 Å². The van der Waals surface area contributed by atoms with Crippen LogP contribution in [0, 0.1) is 19.8 Å². The number of alkyl carbamates (subject to hydrolysis) is 1. The number of anilines is 1. The van der Waals surface area contributed by atoms with E-state index in [4.69, 9.17) is 4.74 Å². The number of ether oxygens (including phenoxy) is 1. The fraction of sp³-hybridized carbons (Fsp3) is 0.516. The molecule has 0 radical (unpaired) electrons. The lowest BCUT2D eigenvalue weighted by Crippen LogP contribution is -2.53. The van der Waals surface area contributed by atoms with E-state index in [1.54, 1.807) is 25.7 Å². The molecule has 0 aliphatic heterocycles. The Balaban J connectivity index is 2.54. The summed E-state index contributed by atoms with van der Waals surface area (Å²) in [6.45, 7) is 15.6. The molecular weight excluding hydrogens is 478 g/mol. The van der Waals surface area contributed by atoms with Gasteiger partial charge in [0.1, 0.15) is 17.7 Å². The predicted molar refractivity (Wildman–Crippen MR) is 153 cm³/mol. The van der Waals surface area contributed by atoms with Gasteiger partial charge in [-0.1, -0.05) is 69.7 Å². The van der Waals surface area contributed by atoms with Crippen LogP contribution in [0.1, 0.15) is 83.5 Å². The minimum atomic E-state index is -0.870. The molecule has 7 nitrogen and oxygen atoms in total. The highest BCUT2D eigenvalue weighted by molar-refractivity contribution is 5.99. The molecule has 2 rings (SSSR count). The highest BCUT2D eigenvalue weighted by Gasteiger charge is 2.37. The van der Waals surface area contributed by atoms with E-state index in [-0.39, 0.29) is 17.7 Å². The second-order valence-corrected chi connectivity index (χ2v) is 11.3. The largest absolute Gasteiger partial charge is 0.444 e. The lowest BCUT2D eigenvalue weighted by Gasteiger charge is -2.35. The van der Waals surface area contributed by atoms with E-state index in [2.05, 4.69) is 10.6 Å². The minimum Gasteiger partial charge on any atom is -0.444 e. The maximum atomic E-state index is 14.2. The molecule has 0 spiro atoms. The summed E-state index contributed by atoms with van der Waals surface area (Å²) in [7, 11) is 0. The molecule has 2 atom stereocenters. The van der Waals surface area contributed by atoms with Gasteiger partial charge in [-0.2, -0.15) is 0 Å². The minimum absolute atomic E-state index is 0.129. The van der Waals surface area contributed by atoms with Gasteiger partial charge in [-0.15, -0.1) is 0 Å². The Kier molecular flexibility index (Phi) is 11.4. The van der Waals surface area contributed by atoms with Crippen molar-refractivity contribution >= 4 is 23.6 Å². The Labute approximate surface area is 228 Å². The smallest absolute Gasteiger partial charge is 0.408 e. The molecule has 0 saturated heterocycles. The van der Waals surface area contributed by atoms with Crippen LogP contribution in [0.2, 0.25) is 0 Å². The third-order valence-corrected chi connectivity index (χ3v) is 6.18. The van der Waals surface area contributed by atoms with Gasteiger partial charge in [0.05, 0.1) is 0 Å². The number of amides is 3. The van der Waals surface area contributed by atoms with Gasteiger partial charge in [0.2, 0.25) is 5.91 Å². The lowest BCUT2D eigenvalue weighted by atomic mass is 9.96. The zero-order valence-corrected chi connectivity index (χ0v) is 24.3. The molecule has 7 heteroatoms. The summed E-state index contributed by atoms with van der Waals surface area (Å²) in [5, 5.41) is 5.85. The molecule has 0 fully saturated rings. The SMILES string of the molecule is CCCCN(C(=O)C(CC(C)C)NC(=O)OC(C)(C)C)C(C(=O)Nc1ccccc1C)c1ccccc1C. The standard InChI is InChI=1S/C31H45N3O4/c1-9-10-19-34(29(36)26(20-21(2)3)33-30(37)38-31(6,7)8)27(24-17-13-11-15-22(24)4)28(35)32-25-18-14-12-16-23(25)5/h11-18,21,26-27H,9-10,19-20H2,1-8H3,(H,32,35)(H,33,37). The number of carbonyl (C=O) groups is 3. The second-order valence-electron chi connectivity index (χ2n) is 11.3. The number of aryl methyl sites for hydroxylation is 2. The van der Waals surface area contributed by atoms with E-state index in [1.165, 1.54) is 0 Å². The summed E-state index contributed by atoms with van der Waals surface area (Å²) in [5.74, 6) is -0.463. The van der Waals surface area contributed by atoms with E-state index in [0.717, 1.165) is 23.1 Å². The van der Waals surface area contributed by atoms with Crippen LogP contribution in [0.15, 0.2) is 48.5 Å². The van der Waals surface area contributed by atoms with Crippen LogP contribution in [0.5, 0.6) is 0 Å². The first-order chi connectivity index (χ1) is 17.8. The molecule has 0 saturated carbocycles. The van der Waals surface area contributed by atoms with E-state index >= 15 is 0 Å². The van der Waals surface area contributed by atoms with Gasteiger partial charge in [-0.05, 0) is 76.1 Å². The summed E-state index contributed by atoms with van der Waals surface area (Å²) < 4.78 is 5.46. The van der Waals surface area contributed by atoms with Gasteiger partial charge >= 0.3 is 6.09 Å². The molecule has 0 bridgehead atoms. The third kappa shape index (κ3) is 9.19. The zero-order chi connectivity index (χ0) is 28.5. The zero-order valence-electron chi connectivity index (χ0n) is 24.3. The highest BCUT2D eigenvalue weighted by atomic mass is 16.6. The van der Waals surface area contributed by atoms with Crippen molar-refractivity contribution in [1.82, 2.24) is 10.2 Å². The summed E-state index contributed by atoms with van der Waals surface area (Å²) in [5.41, 5.74) is 2.59. The summed E-state index contributed by atoms with van der Waals surface area (Å²) in [6.07, 6.45) is 1.33. The van der Waals surface area contributed by atoms with Crippen molar-refractivity contribution in [2.45, 2.75) is 92.3 Å². The molecule has 2 unspecified atom stereocenters. The number of hydrogen-bond donors (Lipinski definition) is 2. The first-order valence-corrected chi connectivity index (χ1v) is 13.6. The van der Waals surface area contributed by atoms with Gasteiger partial charge in [-0.3, -0.25) is 9.59 Å². The van der Waals surface area contributed by atoms with E-state index < -0.39 is 23.8 Å². The molecular formula is C31H45N3O4. The van der Waals surface area contributed by atoms with E-state index in [1.807, 2.05) is 83.1 Å². The normalized spacial score (nSPS) is 13.0. The third-order valence-electron chi connectivity index (χ3n) is 6.18. The van der Waals surface area contributed by atoms with Crippen molar-refractivity contribution in [2.75, 3.05) is 11.9 Å². The van der Waals surface area contributed by atoms with Crippen LogP contribution in [0.4, 0.5) is 10.5 Å². The van der Waals surface area contributed by atoms with Crippen molar-refractivity contribution in [3.63, 3.8) is 0 Å². The topological polar surface area (TPSA) is 87.7 Å². The van der Waals surface area contributed by atoms with Crippen molar-refractivity contribution in [1.29, 1.82) is 0 Å². The number of unbranched alkanes of at least 4 members (excludes halogenated alkanes) is 1. The number of carbonyl (C=O) groups excluding carboxylic acids is 3. The van der Waals surface area contributed by atoms with Crippen LogP contribution in [-0.2, 0) is 14.3 Å². The van der Waals surface area contributed by atoms with Crippen molar-refractivity contribution < 1.29 is 19.1 Å². The molecule has 2 aromatic rings. The highest BCUT2D eigenvalue weighted by Crippen LogP contribution is 2.28. The number of nitrogens with zero attached hydrogens (tertiary/aromatic N) is 1. The Morgan fingerprint density at radius 1 is 0.947 bits per heavy atom. The van der Waals surface area contributed by atoms with Crippen molar-refractivity contribution in [2.24, 2.45) is 5.92 Å². The maximum Gasteiger partial charge on any atom is 0.408 e. The first kappa shape index (κ1) is 30.9. The molecule has 208 valence electrons. The lowest BCUT2D eigenvalue weighted by molar-refractivity contribution is -0.141. The fourth-order valence-corrected chi connectivity index (χ4v) is 4.30. The number of hydrogen-bond acceptors (Lipinski definition) is 4. The van der Waals surface area contributed by atoms with Gasteiger partial charge < -0.3 is 20.3 Å². The average Bonchev–Trinajstić information content (AvgIpc) is 2.81. The van der Waals surface area contributed by atoms with Gasteiger partial charge in [-0.25, -0.2) is 4.79 Å². The van der Waals surface area contributed by atoms with Gasteiger partial charge in [0, 0.05) is 12.2 Å². The number of para-hydroxylation sites is 1. The van der Waals surface area contributed by atoms with Crippen molar-refractivity contribution in [3.8, 4) is 0 Å². The Morgan fingerprint density at radius 3 is 2.11 bits per heavy atom. The molecule has 0 aliphatic rings.